The van der Waals surface area contributed by atoms with Crippen molar-refractivity contribution in [1.82, 2.24) is 4.90 Å². The number of carbonyl (C=O) groups is 2. The number of aryl methyl sites for hydroxylation is 1. The number of ketones is 1. The van der Waals surface area contributed by atoms with Crippen LogP contribution in [0.2, 0.25) is 0 Å². The van der Waals surface area contributed by atoms with Gasteiger partial charge in [0.2, 0.25) is 0 Å². The largest absolute Gasteiger partial charge is 0.426 e. The topological polar surface area (TPSA) is 55.8 Å². The van der Waals surface area contributed by atoms with Crippen molar-refractivity contribution in [2.24, 2.45) is 17.3 Å². The molecule has 1 aliphatic heterocycles. The molecule has 3 fully saturated rings. The molecule has 0 unspecified atom stereocenters. The van der Waals surface area contributed by atoms with E-state index in [4.69, 9.17) is 9.47 Å². The number of carbonyl (C=O) groups excluding carboxylic acids is 2. The number of Topliss-reactive ketones (excluding diaryl/α,β-unsaturated/α-hetero) is 1. The maximum absolute atomic E-state index is 12.5. The quantitative estimate of drug-likeness (QED) is 0.558. The van der Waals surface area contributed by atoms with Gasteiger partial charge in [0.15, 0.2) is 0 Å². The molecule has 5 nitrogen and oxygen atoms in total. The van der Waals surface area contributed by atoms with Crippen molar-refractivity contribution in [2.75, 3.05) is 32.8 Å². The van der Waals surface area contributed by atoms with Gasteiger partial charge in [-0.1, -0.05) is 13.0 Å². The monoisotopic (exact) mass is 411 g/mol. The fraction of sp³-hybridized carbons (Fsp3) is 0.680. The van der Waals surface area contributed by atoms with Crippen LogP contribution in [0.1, 0.15) is 62.5 Å². The maximum atomic E-state index is 12.5. The van der Waals surface area contributed by atoms with Gasteiger partial charge in [-0.3, -0.25) is 14.5 Å². The number of rotatable bonds is 4. The Kier molecular flexibility index (Phi) is 5.44. The third-order valence-electron chi connectivity index (χ3n) is 8.37. The van der Waals surface area contributed by atoms with Gasteiger partial charge in [-0.25, -0.2) is 0 Å². The molecule has 0 aromatic heterocycles. The predicted octanol–water partition coefficient (Wildman–Crippen LogP) is 3.74. The summed E-state index contributed by atoms with van der Waals surface area (Å²) in [6.45, 7) is 6.22. The van der Waals surface area contributed by atoms with Gasteiger partial charge in [-0.2, -0.15) is 0 Å². The van der Waals surface area contributed by atoms with Gasteiger partial charge in [0.25, 0.3) is 0 Å². The molecule has 1 aromatic rings. The second kappa shape index (κ2) is 8.08. The van der Waals surface area contributed by atoms with Crippen molar-refractivity contribution in [3.8, 4) is 5.75 Å². The van der Waals surface area contributed by atoms with Crippen LogP contribution in [-0.2, 0) is 20.7 Å². The van der Waals surface area contributed by atoms with E-state index in [0.29, 0.717) is 35.7 Å². The average Bonchev–Trinajstić information content (AvgIpc) is 3.07. The lowest BCUT2D eigenvalue weighted by molar-refractivity contribution is -0.135. The molecule has 1 aromatic carbocycles. The fourth-order valence-corrected chi connectivity index (χ4v) is 6.65. The van der Waals surface area contributed by atoms with E-state index in [-0.39, 0.29) is 11.4 Å². The molecule has 30 heavy (non-hydrogen) atoms. The smallest absolute Gasteiger partial charge is 0.312 e. The second-order valence-electron chi connectivity index (χ2n) is 9.87. The summed E-state index contributed by atoms with van der Waals surface area (Å²) < 4.78 is 11.0. The lowest BCUT2D eigenvalue weighted by atomic mass is 9.55. The summed E-state index contributed by atoms with van der Waals surface area (Å²) in [5.41, 5.74) is 2.69. The lowest BCUT2D eigenvalue weighted by Gasteiger charge is -2.48. The summed E-state index contributed by atoms with van der Waals surface area (Å²) in [6, 6.07) is 6.25. The van der Waals surface area contributed by atoms with Gasteiger partial charge in [0, 0.05) is 31.5 Å². The third-order valence-corrected chi connectivity index (χ3v) is 8.37. The Morgan fingerprint density at radius 3 is 2.87 bits per heavy atom. The van der Waals surface area contributed by atoms with Crippen LogP contribution in [0, 0.1) is 17.3 Å². The van der Waals surface area contributed by atoms with E-state index in [1.165, 1.54) is 11.1 Å². The van der Waals surface area contributed by atoms with Crippen LogP contribution in [0.15, 0.2) is 18.2 Å². The zero-order valence-electron chi connectivity index (χ0n) is 18.0. The highest BCUT2D eigenvalue weighted by Crippen LogP contribution is 2.59. The minimum Gasteiger partial charge on any atom is -0.426 e. The minimum atomic E-state index is -0.159. The molecule has 2 saturated carbocycles. The number of morpholine rings is 1. The Morgan fingerprint density at radius 1 is 1.20 bits per heavy atom. The van der Waals surface area contributed by atoms with Crippen molar-refractivity contribution >= 4 is 11.8 Å². The Bertz CT molecular complexity index is 830. The SMILES string of the molecule is C[C@]12CC[C@H]3c4ccc(OC(=O)CCN5CCOCC5)cc4CC[C@@H]3[C@@H]1CCC2=O. The summed E-state index contributed by atoms with van der Waals surface area (Å²) in [5.74, 6) is 2.75. The van der Waals surface area contributed by atoms with Gasteiger partial charge in [0.05, 0.1) is 19.6 Å². The first kappa shape index (κ1) is 20.2. The zero-order valence-corrected chi connectivity index (χ0v) is 18.0. The lowest BCUT2D eigenvalue weighted by Crippen LogP contribution is -2.42. The Hall–Kier alpha value is -1.72. The third kappa shape index (κ3) is 3.60. The molecule has 3 aliphatic carbocycles. The van der Waals surface area contributed by atoms with Crippen LogP contribution in [0.5, 0.6) is 5.75 Å². The number of benzene rings is 1. The molecule has 0 N–H and O–H groups in total. The van der Waals surface area contributed by atoms with E-state index in [0.717, 1.165) is 71.4 Å². The highest BCUT2D eigenvalue weighted by molar-refractivity contribution is 5.87. The second-order valence-corrected chi connectivity index (χ2v) is 9.87. The normalized spacial score (nSPS) is 33.5. The van der Waals surface area contributed by atoms with Gasteiger partial charge < -0.3 is 9.47 Å². The molecule has 162 valence electrons. The van der Waals surface area contributed by atoms with E-state index in [9.17, 15) is 9.59 Å². The highest BCUT2D eigenvalue weighted by atomic mass is 16.5. The number of fused-ring (bicyclic) bond motifs is 5. The first-order chi connectivity index (χ1) is 14.5. The van der Waals surface area contributed by atoms with Crippen LogP contribution < -0.4 is 4.74 Å². The van der Waals surface area contributed by atoms with Crippen molar-refractivity contribution < 1.29 is 19.1 Å². The summed E-state index contributed by atoms with van der Waals surface area (Å²) in [6.07, 6.45) is 6.57. The number of hydrogen-bond acceptors (Lipinski definition) is 5. The van der Waals surface area contributed by atoms with Gasteiger partial charge in [-0.05, 0) is 73.1 Å². The zero-order chi connectivity index (χ0) is 20.7. The maximum Gasteiger partial charge on any atom is 0.312 e. The summed E-state index contributed by atoms with van der Waals surface area (Å²) >= 11 is 0. The molecule has 0 bridgehead atoms. The summed E-state index contributed by atoms with van der Waals surface area (Å²) in [5, 5.41) is 0. The number of hydrogen-bond donors (Lipinski definition) is 0. The minimum absolute atomic E-state index is 0.0748. The number of esters is 1. The Labute approximate surface area is 179 Å². The van der Waals surface area contributed by atoms with Gasteiger partial charge in [-0.15, -0.1) is 0 Å². The van der Waals surface area contributed by atoms with Crippen LogP contribution in [0.3, 0.4) is 0 Å². The molecule has 0 amide bonds. The molecule has 4 atom stereocenters. The fourth-order valence-electron chi connectivity index (χ4n) is 6.65. The van der Waals surface area contributed by atoms with E-state index >= 15 is 0 Å². The molecule has 0 spiro atoms. The molecular weight excluding hydrogens is 378 g/mol. The van der Waals surface area contributed by atoms with Crippen molar-refractivity contribution in [2.45, 2.75) is 57.8 Å². The number of nitrogens with zero attached hydrogens (tertiary/aromatic N) is 1. The van der Waals surface area contributed by atoms with E-state index in [1.54, 1.807) is 0 Å². The molecule has 1 saturated heterocycles. The number of ether oxygens (including phenoxy) is 2. The first-order valence-electron chi connectivity index (χ1n) is 11.7. The van der Waals surface area contributed by atoms with Gasteiger partial charge >= 0.3 is 5.97 Å². The molecule has 4 aliphatic rings. The van der Waals surface area contributed by atoms with E-state index in [1.807, 2.05) is 6.07 Å². The molecule has 5 heteroatoms. The van der Waals surface area contributed by atoms with Crippen LogP contribution >= 0.6 is 0 Å². The van der Waals surface area contributed by atoms with Crippen molar-refractivity contribution in [3.63, 3.8) is 0 Å². The summed E-state index contributed by atoms with van der Waals surface area (Å²) in [4.78, 5) is 27.1. The predicted molar refractivity (Wildman–Crippen MR) is 114 cm³/mol. The Balaban J connectivity index is 1.23. The first-order valence-corrected chi connectivity index (χ1v) is 11.7. The van der Waals surface area contributed by atoms with E-state index in [2.05, 4.69) is 24.0 Å². The average molecular weight is 412 g/mol. The standard InChI is InChI=1S/C25H33NO4/c1-25-10-8-20-19-5-3-18(30-24(28)9-11-26-12-14-29-15-13-26)16-17(19)2-4-21(20)22(25)6-7-23(25)27/h3,5,16,20-22H,2,4,6-15H2,1H3/t20-,21-,22-,25-/m0/s1. The van der Waals surface area contributed by atoms with Crippen LogP contribution in [0.4, 0.5) is 0 Å². The van der Waals surface area contributed by atoms with Crippen molar-refractivity contribution in [1.29, 1.82) is 0 Å². The Morgan fingerprint density at radius 2 is 2.03 bits per heavy atom. The van der Waals surface area contributed by atoms with E-state index < -0.39 is 0 Å². The summed E-state index contributed by atoms with van der Waals surface area (Å²) in [7, 11) is 0. The molecule has 5 rings (SSSR count). The molecular formula is C25H33NO4. The highest BCUT2D eigenvalue weighted by Gasteiger charge is 2.54. The molecule has 1 heterocycles. The molecule has 0 radical (unpaired) electrons. The van der Waals surface area contributed by atoms with Gasteiger partial charge in [0.1, 0.15) is 11.5 Å². The van der Waals surface area contributed by atoms with Crippen LogP contribution in [-0.4, -0.2) is 49.5 Å². The van der Waals surface area contributed by atoms with Crippen LogP contribution in [0.25, 0.3) is 0 Å². The van der Waals surface area contributed by atoms with Crippen molar-refractivity contribution in [3.05, 3.63) is 29.3 Å².